The maximum Gasteiger partial charge on any atom is 0.267 e. The highest BCUT2D eigenvalue weighted by molar-refractivity contribution is 8.29. The molecule has 2 saturated heterocycles. The van der Waals surface area contributed by atoms with E-state index in [1.807, 2.05) is 27.7 Å². The molecule has 0 aliphatic carbocycles. The highest BCUT2D eigenvalue weighted by Gasteiger charge is 2.42. The van der Waals surface area contributed by atoms with Crippen molar-refractivity contribution in [2.75, 3.05) is 39.3 Å². The predicted octanol–water partition coefficient (Wildman–Crippen LogP) is 2.44. The van der Waals surface area contributed by atoms with E-state index in [-0.39, 0.29) is 59.4 Å². The van der Waals surface area contributed by atoms with Crippen LogP contribution in [-0.4, -0.2) is 91.1 Å². The van der Waals surface area contributed by atoms with Gasteiger partial charge in [0.25, 0.3) is 11.8 Å². The van der Waals surface area contributed by atoms with Crippen LogP contribution in [0.25, 0.3) is 0 Å². The summed E-state index contributed by atoms with van der Waals surface area (Å²) in [6.07, 6.45) is 0.325. The van der Waals surface area contributed by atoms with Crippen molar-refractivity contribution in [1.82, 2.24) is 19.6 Å². The van der Waals surface area contributed by atoms with Gasteiger partial charge in [0.1, 0.15) is 8.64 Å². The van der Waals surface area contributed by atoms with Gasteiger partial charge in [0.05, 0.1) is 9.81 Å². The summed E-state index contributed by atoms with van der Waals surface area (Å²) < 4.78 is 0.638. The molecule has 176 valence electrons. The first kappa shape index (κ1) is 26.7. The SMILES string of the molecule is CCN(CC)C(=O)CCN1C(=O)C(=C2SC(=S)N(CCC(=O)N(CC)CC)C2=O)SC1=S. The van der Waals surface area contributed by atoms with E-state index < -0.39 is 0 Å². The van der Waals surface area contributed by atoms with Crippen LogP contribution < -0.4 is 0 Å². The molecular formula is C20H28N4O4S4. The first-order chi connectivity index (χ1) is 15.2. The van der Waals surface area contributed by atoms with Gasteiger partial charge >= 0.3 is 0 Å². The van der Waals surface area contributed by atoms with Crippen LogP contribution in [0.3, 0.4) is 0 Å². The molecule has 0 bridgehead atoms. The number of carbonyl (C=O) groups is 4. The monoisotopic (exact) mass is 516 g/mol. The second-order valence-electron chi connectivity index (χ2n) is 6.94. The molecule has 12 heteroatoms. The summed E-state index contributed by atoms with van der Waals surface area (Å²) in [5.41, 5.74) is 0. The number of hydrogen-bond donors (Lipinski definition) is 0. The smallest absolute Gasteiger partial charge is 0.267 e. The Morgan fingerprint density at radius 1 is 0.719 bits per heavy atom. The molecule has 0 saturated carbocycles. The lowest BCUT2D eigenvalue weighted by Crippen LogP contribution is -2.36. The number of amides is 4. The Morgan fingerprint density at radius 3 is 1.31 bits per heavy atom. The topological polar surface area (TPSA) is 81.2 Å². The predicted molar refractivity (Wildman–Crippen MR) is 136 cm³/mol. The third-order valence-electron chi connectivity index (χ3n) is 5.24. The van der Waals surface area contributed by atoms with Crippen molar-refractivity contribution in [2.45, 2.75) is 40.5 Å². The van der Waals surface area contributed by atoms with Crippen molar-refractivity contribution in [1.29, 1.82) is 0 Å². The van der Waals surface area contributed by atoms with Crippen LogP contribution in [0.15, 0.2) is 9.81 Å². The Kier molecular flexibility index (Phi) is 10.1. The van der Waals surface area contributed by atoms with Gasteiger partial charge in [0, 0.05) is 52.1 Å². The second-order valence-corrected chi connectivity index (χ2v) is 10.2. The van der Waals surface area contributed by atoms with Gasteiger partial charge in [-0.3, -0.25) is 29.0 Å². The summed E-state index contributed by atoms with van der Waals surface area (Å²) in [6.45, 7) is 10.4. The minimum atomic E-state index is -0.382. The van der Waals surface area contributed by atoms with E-state index in [0.29, 0.717) is 34.8 Å². The molecule has 8 nitrogen and oxygen atoms in total. The number of carbonyl (C=O) groups excluding carboxylic acids is 4. The van der Waals surface area contributed by atoms with Crippen molar-refractivity contribution in [3.63, 3.8) is 0 Å². The number of rotatable bonds is 10. The van der Waals surface area contributed by atoms with E-state index in [1.54, 1.807) is 9.80 Å². The van der Waals surface area contributed by atoms with Crippen LogP contribution in [0.5, 0.6) is 0 Å². The largest absolute Gasteiger partial charge is 0.343 e. The lowest BCUT2D eigenvalue weighted by Gasteiger charge is -2.21. The molecular weight excluding hydrogens is 489 g/mol. The van der Waals surface area contributed by atoms with Crippen molar-refractivity contribution in [3.05, 3.63) is 9.81 Å². The molecule has 32 heavy (non-hydrogen) atoms. The van der Waals surface area contributed by atoms with E-state index in [4.69, 9.17) is 24.4 Å². The van der Waals surface area contributed by atoms with Gasteiger partial charge in [-0.05, 0) is 27.7 Å². The molecule has 0 aromatic heterocycles. The first-order valence-corrected chi connectivity index (χ1v) is 13.0. The van der Waals surface area contributed by atoms with Crippen LogP contribution in [0.1, 0.15) is 40.5 Å². The third kappa shape index (κ3) is 5.89. The maximum atomic E-state index is 13.0. The molecule has 0 unspecified atom stereocenters. The molecule has 2 fully saturated rings. The fourth-order valence-corrected chi connectivity index (χ4v) is 6.11. The summed E-state index contributed by atoms with van der Waals surface area (Å²) >= 11 is 12.8. The zero-order valence-electron chi connectivity index (χ0n) is 18.7. The van der Waals surface area contributed by atoms with E-state index >= 15 is 0 Å². The second kappa shape index (κ2) is 12.1. The fourth-order valence-electron chi connectivity index (χ4n) is 3.34. The maximum absolute atomic E-state index is 13.0. The summed E-state index contributed by atoms with van der Waals surface area (Å²) in [5, 5.41) is 0. The van der Waals surface area contributed by atoms with Gasteiger partial charge in [0.15, 0.2) is 0 Å². The van der Waals surface area contributed by atoms with E-state index in [1.165, 1.54) is 9.80 Å². The van der Waals surface area contributed by atoms with Gasteiger partial charge < -0.3 is 9.80 Å². The standard InChI is InChI=1S/C20H28N4O4S4/c1-5-21(6-2)13(25)9-11-23-17(27)15(31-19(23)29)16-18(28)24(20(30)32-16)12-10-14(26)22(7-3)8-4/h5-12H2,1-4H3. The van der Waals surface area contributed by atoms with Crippen LogP contribution in [0, 0.1) is 0 Å². The zero-order chi connectivity index (χ0) is 24.0. The average Bonchev–Trinajstić information content (AvgIpc) is 3.20. The number of thiocarbonyl (C=S) groups is 2. The molecule has 2 heterocycles. The Bertz CT molecular complexity index is 785. The molecule has 0 N–H and O–H groups in total. The normalized spacial score (nSPS) is 18.8. The zero-order valence-corrected chi connectivity index (χ0v) is 22.0. The number of nitrogens with zero attached hydrogens (tertiary/aromatic N) is 4. The van der Waals surface area contributed by atoms with Crippen LogP contribution in [-0.2, 0) is 19.2 Å². The molecule has 0 aromatic carbocycles. The Balaban J connectivity index is 2.08. The molecule has 2 aliphatic rings. The lowest BCUT2D eigenvalue weighted by atomic mass is 10.3. The van der Waals surface area contributed by atoms with Gasteiger partial charge in [0.2, 0.25) is 11.8 Å². The molecule has 4 amide bonds. The molecule has 2 rings (SSSR count). The highest BCUT2D eigenvalue weighted by atomic mass is 32.2. The van der Waals surface area contributed by atoms with E-state index in [9.17, 15) is 19.2 Å². The van der Waals surface area contributed by atoms with Gasteiger partial charge in [-0.1, -0.05) is 48.0 Å². The van der Waals surface area contributed by atoms with Crippen LogP contribution in [0.2, 0.25) is 0 Å². The first-order valence-electron chi connectivity index (χ1n) is 10.6. The summed E-state index contributed by atoms with van der Waals surface area (Å²) in [6, 6.07) is 0. The molecule has 0 spiro atoms. The quantitative estimate of drug-likeness (QED) is 0.324. The van der Waals surface area contributed by atoms with Crippen LogP contribution in [0.4, 0.5) is 0 Å². The summed E-state index contributed by atoms with van der Waals surface area (Å²) in [5.74, 6) is -0.861. The Hall–Kier alpha value is -1.50. The van der Waals surface area contributed by atoms with E-state index in [0.717, 1.165) is 23.5 Å². The molecule has 0 radical (unpaired) electrons. The Labute approximate surface area is 208 Å². The third-order valence-corrected chi connectivity index (χ3v) is 8.26. The van der Waals surface area contributed by atoms with Crippen molar-refractivity contribution < 1.29 is 19.2 Å². The van der Waals surface area contributed by atoms with E-state index in [2.05, 4.69) is 0 Å². The number of thioether (sulfide) groups is 2. The van der Waals surface area contributed by atoms with Crippen molar-refractivity contribution in [2.24, 2.45) is 0 Å². The Morgan fingerprint density at radius 2 is 1.03 bits per heavy atom. The minimum Gasteiger partial charge on any atom is -0.343 e. The molecule has 0 aromatic rings. The molecule has 2 aliphatic heterocycles. The van der Waals surface area contributed by atoms with Crippen molar-refractivity contribution in [3.8, 4) is 0 Å². The minimum absolute atomic E-state index is 0.0479. The van der Waals surface area contributed by atoms with Gasteiger partial charge in [-0.15, -0.1) is 0 Å². The summed E-state index contributed by atoms with van der Waals surface area (Å²) in [7, 11) is 0. The van der Waals surface area contributed by atoms with Gasteiger partial charge in [-0.2, -0.15) is 0 Å². The average molecular weight is 517 g/mol. The molecule has 0 atom stereocenters. The highest BCUT2D eigenvalue weighted by Crippen LogP contribution is 2.42. The fraction of sp³-hybridized carbons (Fsp3) is 0.600. The van der Waals surface area contributed by atoms with Crippen LogP contribution >= 0.6 is 48.0 Å². The van der Waals surface area contributed by atoms with Crippen molar-refractivity contribution >= 4 is 80.2 Å². The lowest BCUT2D eigenvalue weighted by molar-refractivity contribution is -0.132. The van der Waals surface area contributed by atoms with Gasteiger partial charge in [-0.25, -0.2) is 0 Å². The summed E-state index contributed by atoms with van der Waals surface area (Å²) in [4.78, 5) is 57.1. The number of hydrogen-bond acceptors (Lipinski definition) is 8.